The Hall–Kier alpha value is -1.40. The lowest BCUT2D eigenvalue weighted by Gasteiger charge is -2.16. The van der Waals surface area contributed by atoms with Crippen molar-refractivity contribution >= 4 is 40.9 Å². The number of halogens is 1. The monoisotopic (exact) mass is 315 g/mol. The van der Waals surface area contributed by atoms with Gasteiger partial charge in [0.15, 0.2) is 5.17 Å². The van der Waals surface area contributed by atoms with Crippen molar-refractivity contribution in [2.75, 3.05) is 30.8 Å². The van der Waals surface area contributed by atoms with Gasteiger partial charge >= 0.3 is 0 Å². The number of benzene rings is 1. The molecule has 20 heavy (non-hydrogen) atoms. The number of rotatable bonds is 5. The van der Waals surface area contributed by atoms with Crippen LogP contribution in [0.5, 0.6) is 5.75 Å². The Balaban J connectivity index is 0.00000200. The highest BCUT2D eigenvalue weighted by atomic mass is 35.5. The molecule has 0 aromatic heterocycles. The first-order chi connectivity index (χ1) is 9.19. The maximum absolute atomic E-state index is 11.8. The first-order valence-electron chi connectivity index (χ1n) is 6.18. The molecule has 1 aromatic rings. The maximum Gasteiger partial charge on any atom is 0.243 e. The van der Waals surface area contributed by atoms with E-state index in [9.17, 15) is 4.79 Å². The first kappa shape index (κ1) is 16.7. The molecule has 2 N–H and O–H groups in total. The second kappa shape index (κ2) is 8.01. The minimum absolute atomic E-state index is 0. The van der Waals surface area contributed by atoms with E-state index in [1.807, 2.05) is 31.2 Å². The summed E-state index contributed by atoms with van der Waals surface area (Å²) in [4.78, 5) is 13.6. The van der Waals surface area contributed by atoms with Gasteiger partial charge in [0.25, 0.3) is 0 Å². The Morgan fingerprint density at radius 1 is 1.45 bits per heavy atom. The molecule has 1 saturated heterocycles. The molecule has 1 aromatic carbocycles. The highest BCUT2D eigenvalue weighted by Gasteiger charge is 2.20. The first-order valence-corrected chi connectivity index (χ1v) is 7.16. The zero-order valence-corrected chi connectivity index (χ0v) is 12.9. The quantitative estimate of drug-likeness (QED) is 0.876. The van der Waals surface area contributed by atoms with E-state index in [1.165, 1.54) is 11.8 Å². The maximum atomic E-state index is 11.8. The van der Waals surface area contributed by atoms with E-state index >= 15 is 0 Å². The summed E-state index contributed by atoms with van der Waals surface area (Å²) < 4.78 is 5.34. The molecule has 0 bridgehead atoms. The number of hydrogen-bond donors (Lipinski definition) is 2. The Kier molecular flexibility index (Phi) is 6.67. The van der Waals surface area contributed by atoms with Gasteiger partial charge in [0, 0.05) is 18.0 Å². The third kappa shape index (κ3) is 4.61. The summed E-state index contributed by atoms with van der Waals surface area (Å²) in [5.41, 5.74) is 0.742. The average Bonchev–Trinajstić information content (AvgIpc) is 2.78. The highest BCUT2D eigenvalue weighted by molar-refractivity contribution is 8.14. The summed E-state index contributed by atoms with van der Waals surface area (Å²) in [6, 6.07) is 7.28. The number of carbonyl (C=O) groups excluding carboxylic acids is 1. The number of nitrogens with one attached hydrogen (secondary N) is 2. The third-order valence-electron chi connectivity index (χ3n) is 2.67. The number of ether oxygens (including phenoxy) is 1. The molecule has 0 aliphatic carbocycles. The van der Waals surface area contributed by atoms with Crippen molar-refractivity contribution < 1.29 is 9.53 Å². The molecule has 0 saturated carbocycles. The van der Waals surface area contributed by atoms with Gasteiger partial charge in [-0.2, -0.15) is 0 Å². The van der Waals surface area contributed by atoms with Gasteiger partial charge < -0.3 is 15.0 Å². The molecule has 0 radical (unpaired) electrons. The fourth-order valence-electron chi connectivity index (χ4n) is 1.77. The van der Waals surface area contributed by atoms with E-state index in [0.717, 1.165) is 23.7 Å². The van der Waals surface area contributed by atoms with Crippen LogP contribution in [0.1, 0.15) is 6.92 Å². The van der Waals surface area contributed by atoms with Crippen molar-refractivity contribution in [3.05, 3.63) is 24.3 Å². The van der Waals surface area contributed by atoms with E-state index in [4.69, 9.17) is 10.1 Å². The summed E-state index contributed by atoms with van der Waals surface area (Å²) in [6.07, 6.45) is 0. The average molecular weight is 316 g/mol. The summed E-state index contributed by atoms with van der Waals surface area (Å²) in [5.74, 6) is 1.57. The van der Waals surface area contributed by atoms with Gasteiger partial charge in [-0.15, -0.1) is 12.4 Å². The van der Waals surface area contributed by atoms with E-state index in [2.05, 4.69) is 5.32 Å². The van der Waals surface area contributed by atoms with Gasteiger partial charge in [0.2, 0.25) is 5.91 Å². The zero-order valence-electron chi connectivity index (χ0n) is 11.2. The molecule has 1 fully saturated rings. The zero-order chi connectivity index (χ0) is 13.7. The second-order valence-electron chi connectivity index (χ2n) is 4.08. The minimum atomic E-state index is -0.101. The van der Waals surface area contributed by atoms with Crippen LogP contribution >= 0.6 is 24.2 Å². The molecule has 0 spiro atoms. The Labute approximate surface area is 129 Å². The lowest BCUT2D eigenvalue weighted by molar-refractivity contribution is -0.116. The minimum Gasteiger partial charge on any atom is -0.494 e. The van der Waals surface area contributed by atoms with Crippen molar-refractivity contribution in [1.29, 1.82) is 5.41 Å². The van der Waals surface area contributed by atoms with Crippen LogP contribution in [0.3, 0.4) is 0 Å². The van der Waals surface area contributed by atoms with Crippen molar-refractivity contribution in [3.8, 4) is 5.75 Å². The van der Waals surface area contributed by atoms with Gasteiger partial charge in [-0.3, -0.25) is 10.2 Å². The number of hydrogen-bond acceptors (Lipinski definition) is 4. The largest absolute Gasteiger partial charge is 0.494 e. The fraction of sp³-hybridized carbons (Fsp3) is 0.385. The van der Waals surface area contributed by atoms with Gasteiger partial charge in [-0.1, -0.05) is 11.8 Å². The van der Waals surface area contributed by atoms with Crippen LogP contribution < -0.4 is 10.1 Å². The molecule has 1 aliphatic rings. The lowest BCUT2D eigenvalue weighted by atomic mass is 10.3. The van der Waals surface area contributed by atoms with Crippen LogP contribution in [0.25, 0.3) is 0 Å². The molecule has 0 unspecified atom stereocenters. The Morgan fingerprint density at radius 3 is 2.70 bits per heavy atom. The molecule has 7 heteroatoms. The van der Waals surface area contributed by atoms with E-state index in [0.29, 0.717) is 11.8 Å². The number of anilines is 1. The lowest BCUT2D eigenvalue weighted by Crippen LogP contribution is -2.33. The third-order valence-corrected chi connectivity index (χ3v) is 3.59. The number of carbonyl (C=O) groups is 1. The molecule has 110 valence electrons. The predicted octanol–water partition coefficient (Wildman–Crippen LogP) is 2.43. The van der Waals surface area contributed by atoms with Crippen molar-refractivity contribution in [2.24, 2.45) is 0 Å². The second-order valence-corrected chi connectivity index (χ2v) is 5.16. The van der Waals surface area contributed by atoms with E-state index < -0.39 is 0 Å². The van der Waals surface area contributed by atoms with E-state index in [1.54, 1.807) is 4.90 Å². The smallest absolute Gasteiger partial charge is 0.243 e. The highest BCUT2D eigenvalue weighted by Crippen LogP contribution is 2.17. The molecule has 1 heterocycles. The molecule has 0 atom stereocenters. The molecular formula is C13H18ClN3O2S. The van der Waals surface area contributed by atoms with Crippen molar-refractivity contribution in [3.63, 3.8) is 0 Å². The van der Waals surface area contributed by atoms with Gasteiger partial charge in [0.1, 0.15) is 5.75 Å². The van der Waals surface area contributed by atoms with Crippen molar-refractivity contribution in [2.45, 2.75) is 6.92 Å². The Morgan fingerprint density at radius 2 is 2.15 bits per heavy atom. The van der Waals surface area contributed by atoms with Crippen molar-refractivity contribution in [1.82, 2.24) is 4.90 Å². The van der Waals surface area contributed by atoms with Gasteiger partial charge in [0.05, 0.1) is 13.2 Å². The van der Waals surface area contributed by atoms with E-state index in [-0.39, 0.29) is 24.9 Å². The number of thioether (sulfide) groups is 1. The number of amidine groups is 1. The topological polar surface area (TPSA) is 65.4 Å². The van der Waals surface area contributed by atoms with Gasteiger partial charge in [-0.05, 0) is 31.2 Å². The molecule has 1 aliphatic heterocycles. The SMILES string of the molecule is CCOc1ccc(NC(=O)CN2CCSC2=N)cc1.Cl. The van der Waals surface area contributed by atoms with Crippen LogP contribution in [-0.2, 0) is 4.79 Å². The summed E-state index contributed by atoms with van der Waals surface area (Å²) in [7, 11) is 0. The number of nitrogens with zero attached hydrogens (tertiary/aromatic N) is 1. The van der Waals surface area contributed by atoms with Crippen LogP contribution in [0.15, 0.2) is 24.3 Å². The standard InChI is InChI=1S/C13H17N3O2S.ClH/c1-2-18-11-5-3-10(4-6-11)15-12(17)9-16-7-8-19-13(16)14;/h3-6,14H,2,7-9H2,1H3,(H,15,17);1H. The van der Waals surface area contributed by atoms with Crippen LogP contribution in [-0.4, -0.2) is 41.4 Å². The van der Waals surface area contributed by atoms with Crippen LogP contribution in [0.2, 0.25) is 0 Å². The molecule has 2 rings (SSSR count). The normalized spacial score (nSPS) is 13.8. The fourth-order valence-corrected chi connectivity index (χ4v) is 2.61. The molecule has 1 amide bonds. The van der Waals surface area contributed by atoms with Crippen LogP contribution in [0.4, 0.5) is 5.69 Å². The summed E-state index contributed by atoms with van der Waals surface area (Å²) in [5, 5.41) is 10.9. The summed E-state index contributed by atoms with van der Waals surface area (Å²) in [6.45, 7) is 3.55. The molecular weight excluding hydrogens is 298 g/mol. The van der Waals surface area contributed by atoms with Crippen LogP contribution in [0, 0.1) is 5.41 Å². The molecule has 5 nitrogen and oxygen atoms in total. The predicted molar refractivity (Wildman–Crippen MR) is 85.2 cm³/mol. The Bertz CT molecular complexity index is 467. The van der Waals surface area contributed by atoms with Gasteiger partial charge in [-0.25, -0.2) is 0 Å². The number of amides is 1. The summed E-state index contributed by atoms with van der Waals surface area (Å²) >= 11 is 1.47.